The number of rotatable bonds is 6. The number of hydrogen-bond acceptors (Lipinski definition) is 5. The summed E-state index contributed by atoms with van der Waals surface area (Å²) < 4.78 is 35.1. The summed E-state index contributed by atoms with van der Waals surface area (Å²) in [6.45, 7) is 5.56. The second-order valence-electron chi connectivity index (χ2n) is 8.74. The zero-order chi connectivity index (χ0) is 25.1. The van der Waals surface area contributed by atoms with Gasteiger partial charge in [-0.25, -0.2) is 18.6 Å². The molecule has 35 heavy (non-hydrogen) atoms. The van der Waals surface area contributed by atoms with Gasteiger partial charge in [0.25, 0.3) is 0 Å². The molecule has 2 amide bonds. The van der Waals surface area contributed by atoms with Gasteiger partial charge in [0.1, 0.15) is 24.0 Å². The molecule has 2 aromatic heterocycles. The fraction of sp³-hybridized carbons (Fsp3) is 0.375. The molecule has 0 aliphatic carbocycles. The van der Waals surface area contributed by atoms with Gasteiger partial charge in [0.05, 0.1) is 10.5 Å². The molecule has 1 aliphatic rings. The van der Waals surface area contributed by atoms with E-state index in [1.54, 1.807) is 6.07 Å². The second-order valence-corrected chi connectivity index (χ2v) is 9.18. The van der Waals surface area contributed by atoms with Gasteiger partial charge in [-0.3, -0.25) is 9.36 Å². The van der Waals surface area contributed by atoms with E-state index < -0.39 is 30.2 Å². The molecule has 4 rings (SSSR count). The number of halogens is 3. The Kier molecular flexibility index (Phi) is 7.51. The molecule has 0 spiro atoms. The second kappa shape index (κ2) is 10.6. The van der Waals surface area contributed by atoms with Gasteiger partial charge < -0.3 is 20.3 Å². The standard InChI is InChI=1S/C24H26ClF2N5O3/c1-14(2)31-7-5-18(6-8-31)29-24(34)35-22-10-15-9-17(26)11-19(27)23(15)32(22)13-21(33)30-20-4-3-16(25)12-28-20/h3-4,9-12,14,18H,5-8,13H2,1-2H3,(H,29,34)(H,28,30,33). The molecule has 1 aliphatic heterocycles. The van der Waals surface area contributed by atoms with Crippen molar-refractivity contribution in [3.63, 3.8) is 0 Å². The summed E-state index contributed by atoms with van der Waals surface area (Å²) in [4.78, 5) is 31.6. The Balaban J connectivity index is 1.51. The highest BCUT2D eigenvalue weighted by Crippen LogP contribution is 2.29. The lowest BCUT2D eigenvalue weighted by molar-refractivity contribution is -0.116. The van der Waals surface area contributed by atoms with Crippen LogP contribution in [-0.4, -0.2) is 51.6 Å². The molecule has 1 saturated heterocycles. The molecule has 0 radical (unpaired) electrons. The van der Waals surface area contributed by atoms with E-state index in [2.05, 4.69) is 34.4 Å². The number of amides is 2. The van der Waals surface area contributed by atoms with Crippen molar-refractivity contribution in [3.05, 3.63) is 53.2 Å². The Morgan fingerprint density at radius 2 is 1.94 bits per heavy atom. The Bertz CT molecular complexity index is 1220. The molecule has 8 nitrogen and oxygen atoms in total. The number of carbonyl (C=O) groups excluding carboxylic acids is 2. The highest BCUT2D eigenvalue weighted by atomic mass is 35.5. The Morgan fingerprint density at radius 1 is 1.20 bits per heavy atom. The minimum atomic E-state index is -0.881. The summed E-state index contributed by atoms with van der Waals surface area (Å²) in [5, 5.41) is 5.97. The maximum Gasteiger partial charge on any atom is 0.414 e. The number of nitrogens with zero attached hydrogens (tertiary/aromatic N) is 3. The van der Waals surface area contributed by atoms with E-state index in [4.69, 9.17) is 16.3 Å². The quantitative estimate of drug-likeness (QED) is 0.512. The van der Waals surface area contributed by atoms with Gasteiger partial charge in [0, 0.05) is 48.9 Å². The third-order valence-electron chi connectivity index (χ3n) is 5.95. The van der Waals surface area contributed by atoms with Crippen LogP contribution in [0, 0.1) is 11.6 Å². The molecule has 0 bridgehead atoms. The number of hydrogen-bond donors (Lipinski definition) is 2. The van der Waals surface area contributed by atoms with Gasteiger partial charge in [-0.15, -0.1) is 0 Å². The Hall–Kier alpha value is -3.24. The first-order valence-electron chi connectivity index (χ1n) is 11.3. The van der Waals surface area contributed by atoms with Gasteiger partial charge in [-0.1, -0.05) is 11.6 Å². The maximum atomic E-state index is 14.7. The van der Waals surface area contributed by atoms with E-state index in [0.29, 0.717) is 17.1 Å². The molecular weight excluding hydrogens is 480 g/mol. The van der Waals surface area contributed by atoms with Crippen molar-refractivity contribution in [2.45, 2.75) is 45.3 Å². The molecule has 0 saturated carbocycles. The van der Waals surface area contributed by atoms with Gasteiger partial charge >= 0.3 is 6.09 Å². The largest absolute Gasteiger partial charge is 0.414 e. The molecule has 1 fully saturated rings. The van der Waals surface area contributed by atoms with E-state index in [0.717, 1.165) is 32.0 Å². The summed E-state index contributed by atoms with van der Waals surface area (Å²) >= 11 is 5.81. The zero-order valence-corrected chi connectivity index (χ0v) is 20.1. The molecule has 11 heteroatoms. The lowest BCUT2D eigenvalue weighted by Crippen LogP contribution is -2.47. The van der Waals surface area contributed by atoms with Crippen LogP contribution in [0.2, 0.25) is 5.02 Å². The van der Waals surface area contributed by atoms with Crippen molar-refractivity contribution in [2.75, 3.05) is 18.4 Å². The molecule has 1 aromatic carbocycles. The minimum Gasteiger partial charge on any atom is -0.393 e. The number of nitrogens with one attached hydrogen (secondary N) is 2. The third-order valence-corrected chi connectivity index (χ3v) is 6.17. The zero-order valence-electron chi connectivity index (χ0n) is 19.4. The van der Waals surface area contributed by atoms with Crippen LogP contribution in [0.1, 0.15) is 26.7 Å². The van der Waals surface area contributed by atoms with E-state index >= 15 is 0 Å². The SMILES string of the molecule is CC(C)N1CCC(NC(=O)Oc2cc3cc(F)cc(F)c3n2CC(=O)Nc2ccc(Cl)cn2)CC1. The minimum absolute atomic E-state index is 0.0568. The van der Waals surface area contributed by atoms with Crippen LogP contribution in [0.4, 0.5) is 19.4 Å². The predicted molar refractivity (Wildman–Crippen MR) is 129 cm³/mol. The van der Waals surface area contributed by atoms with Crippen molar-refractivity contribution in [1.82, 2.24) is 19.8 Å². The number of pyridine rings is 1. The molecule has 2 N–H and O–H groups in total. The van der Waals surface area contributed by atoms with Gasteiger partial charge in [-0.2, -0.15) is 0 Å². The smallest absolute Gasteiger partial charge is 0.393 e. The monoisotopic (exact) mass is 505 g/mol. The molecule has 3 heterocycles. The highest BCUT2D eigenvalue weighted by molar-refractivity contribution is 6.30. The van der Waals surface area contributed by atoms with Crippen molar-refractivity contribution >= 4 is 40.3 Å². The summed E-state index contributed by atoms with van der Waals surface area (Å²) in [6, 6.07) is 6.59. The first-order chi connectivity index (χ1) is 16.7. The number of piperidine rings is 1. The first-order valence-corrected chi connectivity index (χ1v) is 11.7. The predicted octanol–water partition coefficient (Wildman–Crippen LogP) is 4.57. The average Bonchev–Trinajstić information content (AvgIpc) is 3.12. The first kappa shape index (κ1) is 24.9. The number of carbonyl (C=O) groups is 2. The van der Waals surface area contributed by atoms with Crippen molar-refractivity contribution < 1.29 is 23.1 Å². The van der Waals surface area contributed by atoms with Gasteiger partial charge in [0.2, 0.25) is 11.8 Å². The number of ether oxygens (including phenoxy) is 1. The van der Waals surface area contributed by atoms with Crippen LogP contribution in [0.15, 0.2) is 36.5 Å². The molecule has 186 valence electrons. The summed E-state index contributed by atoms with van der Waals surface area (Å²) in [6.07, 6.45) is 2.19. The van der Waals surface area contributed by atoms with E-state index in [-0.39, 0.29) is 28.6 Å². The number of likely N-dealkylation sites (tertiary alicyclic amines) is 1. The number of benzene rings is 1. The van der Waals surface area contributed by atoms with Crippen LogP contribution in [-0.2, 0) is 11.3 Å². The van der Waals surface area contributed by atoms with Crippen molar-refractivity contribution in [3.8, 4) is 5.88 Å². The normalized spacial score (nSPS) is 14.9. The lowest BCUT2D eigenvalue weighted by atomic mass is 10.0. The van der Waals surface area contributed by atoms with Crippen LogP contribution in [0.3, 0.4) is 0 Å². The number of fused-ring (bicyclic) bond motifs is 1. The molecule has 0 unspecified atom stereocenters. The molecular formula is C24H26ClF2N5O3. The van der Waals surface area contributed by atoms with Crippen molar-refractivity contribution in [2.24, 2.45) is 0 Å². The molecule has 0 atom stereocenters. The molecule has 3 aromatic rings. The van der Waals surface area contributed by atoms with Gasteiger partial charge in [0.15, 0.2) is 0 Å². The van der Waals surface area contributed by atoms with Crippen LogP contribution >= 0.6 is 11.6 Å². The average molecular weight is 506 g/mol. The third kappa shape index (κ3) is 6.07. The topological polar surface area (TPSA) is 88.5 Å². The van der Waals surface area contributed by atoms with Crippen molar-refractivity contribution in [1.29, 1.82) is 0 Å². The summed E-state index contributed by atoms with van der Waals surface area (Å²) in [5.74, 6) is -2.05. The van der Waals surface area contributed by atoms with Gasteiger partial charge in [-0.05, 0) is 44.9 Å². The number of aromatic nitrogens is 2. The van der Waals surface area contributed by atoms with E-state index in [1.165, 1.54) is 22.9 Å². The highest BCUT2D eigenvalue weighted by Gasteiger charge is 2.24. The lowest BCUT2D eigenvalue weighted by Gasteiger charge is -2.34. The number of anilines is 1. The van der Waals surface area contributed by atoms with Crippen LogP contribution in [0.25, 0.3) is 10.9 Å². The Labute approximate surface area is 206 Å². The fourth-order valence-corrected chi connectivity index (χ4v) is 4.28. The van der Waals surface area contributed by atoms with E-state index in [1.807, 2.05) is 0 Å². The summed E-state index contributed by atoms with van der Waals surface area (Å²) in [7, 11) is 0. The van der Waals surface area contributed by atoms with E-state index in [9.17, 15) is 18.4 Å². The van der Waals surface area contributed by atoms with Crippen LogP contribution in [0.5, 0.6) is 5.88 Å². The fourth-order valence-electron chi connectivity index (χ4n) is 4.17. The van der Waals surface area contributed by atoms with Crippen LogP contribution < -0.4 is 15.4 Å². The Morgan fingerprint density at radius 3 is 2.60 bits per heavy atom. The summed E-state index contributed by atoms with van der Waals surface area (Å²) in [5.41, 5.74) is -0.0568. The maximum absolute atomic E-state index is 14.7.